The number of benzene rings is 1. The van der Waals surface area contributed by atoms with Crippen molar-refractivity contribution in [1.29, 1.82) is 0 Å². The number of carbonyl (C=O) groups excluding carboxylic acids is 2. The molecule has 0 aromatic heterocycles. The molecule has 23 heavy (non-hydrogen) atoms. The van der Waals surface area contributed by atoms with Gasteiger partial charge in [0.05, 0.1) is 18.2 Å². The molecule has 0 radical (unpaired) electrons. The van der Waals surface area contributed by atoms with Crippen molar-refractivity contribution in [1.82, 2.24) is 5.32 Å². The number of amides is 2. The van der Waals surface area contributed by atoms with E-state index in [1.165, 1.54) is 0 Å². The van der Waals surface area contributed by atoms with Crippen molar-refractivity contribution in [2.75, 3.05) is 18.1 Å². The Morgan fingerprint density at radius 1 is 1.35 bits per heavy atom. The number of nitrogens with zero attached hydrogens (tertiary/aromatic N) is 1. The average molecular weight is 318 g/mol. The lowest BCUT2D eigenvalue weighted by molar-refractivity contribution is -0.127. The molecule has 2 rings (SSSR count). The van der Waals surface area contributed by atoms with Gasteiger partial charge in [-0.25, -0.2) is 0 Å². The van der Waals surface area contributed by atoms with Crippen LogP contribution in [-0.2, 0) is 9.59 Å². The molecule has 2 amide bonds. The number of hydrogen-bond donors (Lipinski definition) is 1. The van der Waals surface area contributed by atoms with Crippen LogP contribution in [-0.4, -0.2) is 31.0 Å². The number of para-hydroxylation sites is 2. The molecule has 0 unspecified atom stereocenters. The molecule has 1 heterocycles. The number of nitrogens with one attached hydrogen (secondary N) is 1. The zero-order valence-electron chi connectivity index (χ0n) is 14.3. The Morgan fingerprint density at radius 2 is 2.04 bits per heavy atom. The zero-order valence-corrected chi connectivity index (χ0v) is 14.3. The van der Waals surface area contributed by atoms with Gasteiger partial charge in [0.2, 0.25) is 11.8 Å². The van der Waals surface area contributed by atoms with Crippen LogP contribution in [0.25, 0.3) is 0 Å². The highest BCUT2D eigenvalue weighted by Crippen LogP contribution is 2.33. The summed E-state index contributed by atoms with van der Waals surface area (Å²) in [6, 6.07) is 7.56. The highest BCUT2D eigenvalue weighted by atomic mass is 16.5. The van der Waals surface area contributed by atoms with Gasteiger partial charge in [-0.05, 0) is 31.9 Å². The summed E-state index contributed by atoms with van der Waals surface area (Å²) < 4.78 is 5.60. The molecule has 1 N–H and O–H groups in total. The van der Waals surface area contributed by atoms with Crippen LogP contribution in [0.15, 0.2) is 24.3 Å². The Morgan fingerprint density at radius 3 is 2.70 bits per heavy atom. The molecule has 0 bridgehead atoms. The van der Waals surface area contributed by atoms with E-state index in [1.807, 2.05) is 38.1 Å². The van der Waals surface area contributed by atoms with Crippen molar-refractivity contribution < 1.29 is 14.3 Å². The van der Waals surface area contributed by atoms with E-state index in [4.69, 9.17) is 4.74 Å². The lowest BCUT2D eigenvalue weighted by Crippen LogP contribution is -2.40. The van der Waals surface area contributed by atoms with Crippen molar-refractivity contribution >= 4 is 17.5 Å². The van der Waals surface area contributed by atoms with Gasteiger partial charge in [-0.15, -0.1) is 0 Å². The minimum atomic E-state index is -0.307. The van der Waals surface area contributed by atoms with Crippen LogP contribution < -0.4 is 15.0 Å². The largest absolute Gasteiger partial charge is 0.492 e. The Hall–Kier alpha value is -2.04. The molecule has 0 spiro atoms. The molecule has 5 heteroatoms. The average Bonchev–Trinajstić information content (AvgIpc) is 2.90. The van der Waals surface area contributed by atoms with Gasteiger partial charge < -0.3 is 15.0 Å². The van der Waals surface area contributed by atoms with E-state index in [2.05, 4.69) is 19.2 Å². The van der Waals surface area contributed by atoms with Crippen molar-refractivity contribution in [3.8, 4) is 5.75 Å². The van der Waals surface area contributed by atoms with Crippen LogP contribution in [0.4, 0.5) is 5.69 Å². The summed E-state index contributed by atoms with van der Waals surface area (Å²) in [5, 5.41) is 3.00. The maximum Gasteiger partial charge on any atom is 0.227 e. The minimum Gasteiger partial charge on any atom is -0.492 e. The Bertz CT molecular complexity index is 571. The molecule has 5 nitrogen and oxygen atoms in total. The Labute approximate surface area is 138 Å². The zero-order chi connectivity index (χ0) is 17.0. The van der Waals surface area contributed by atoms with Crippen molar-refractivity contribution in [2.24, 2.45) is 11.8 Å². The number of carbonyl (C=O) groups is 2. The van der Waals surface area contributed by atoms with E-state index in [0.717, 1.165) is 5.69 Å². The fourth-order valence-electron chi connectivity index (χ4n) is 2.58. The highest BCUT2D eigenvalue weighted by Gasteiger charge is 2.36. The second-order valence-electron chi connectivity index (χ2n) is 6.35. The van der Waals surface area contributed by atoms with Gasteiger partial charge in [0, 0.05) is 19.0 Å². The summed E-state index contributed by atoms with van der Waals surface area (Å²) in [5.41, 5.74) is 0.742. The maximum atomic E-state index is 12.4. The minimum absolute atomic E-state index is 0.0329. The first kappa shape index (κ1) is 17.3. The van der Waals surface area contributed by atoms with E-state index in [-0.39, 0.29) is 30.2 Å². The van der Waals surface area contributed by atoms with Gasteiger partial charge in [0.1, 0.15) is 5.75 Å². The van der Waals surface area contributed by atoms with Crippen LogP contribution in [0.1, 0.15) is 34.1 Å². The van der Waals surface area contributed by atoms with Gasteiger partial charge in [0.25, 0.3) is 0 Å². The molecule has 0 aliphatic carbocycles. The summed E-state index contributed by atoms with van der Waals surface area (Å²) in [6.45, 7) is 8.97. The maximum absolute atomic E-state index is 12.4. The monoisotopic (exact) mass is 318 g/mol. The van der Waals surface area contributed by atoms with Crippen molar-refractivity contribution in [3.05, 3.63) is 24.3 Å². The molecule has 1 aliphatic heterocycles. The molecule has 1 fully saturated rings. The smallest absolute Gasteiger partial charge is 0.227 e. The lowest BCUT2D eigenvalue weighted by atomic mass is 10.0. The fraction of sp³-hybridized carbons (Fsp3) is 0.556. The number of rotatable bonds is 6. The van der Waals surface area contributed by atoms with Gasteiger partial charge in [-0.2, -0.15) is 0 Å². The first-order valence-electron chi connectivity index (χ1n) is 8.26. The molecule has 1 aromatic carbocycles. The Kier molecular flexibility index (Phi) is 5.64. The summed E-state index contributed by atoms with van der Waals surface area (Å²) >= 11 is 0. The molecule has 126 valence electrons. The number of anilines is 1. The highest BCUT2D eigenvalue weighted by molar-refractivity contribution is 6.01. The van der Waals surface area contributed by atoms with Gasteiger partial charge in [-0.3, -0.25) is 9.59 Å². The van der Waals surface area contributed by atoms with Crippen LogP contribution in [0.3, 0.4) is 0 Å². The Balaban J connectivity index is 2.10. The SMILES string of the molecule is CCOc1ccccc1N1C[C@H](C(=O)N[C@H](C)C(C)C)CC1=O. The second kappa shape index (κ2) is 7.49. The van der Waals surface area contributed by atoms with Crippen molar-refractivity contribution in [3.63, 3.8) is 0 Å². The molecule has 2 atom stereocenters. The van der Waals surface area contributed by atoms with E-state index >= 15 is 0 Å². The van der Waals surface area contributed by atoms with Gasteiger partial charge in [-0.1, -0.05) is 26.0 Å². The molecule has 1 saturated heterocycles. The summed E-state index contributed by atoms with van der Waals surface area (Å²) in [7, 11) is 0. The molecule has 1 aliphatic rings. The van der Waals surface area contributed by atoms with E-state index < -0.39 is 0 Å². The summed E-state index contributed by atoms with van der Waals surface area (Å²) in [4.78, 5) is 26.4. The van der Waals surface area contributed by atoms with Crippen molar-refractivity contribution in [2.45, 2.75) is 40.2 Å². The van der Waals surface area contributed by atoms with Gasteiger partial charge >= 0.3 is 0 Å². The fourth-order valence-corrected chi connectivity index (χ4v) is 2.58. The van der Waals surface area contributed by atoms with E-state index in [9.17, 15) is 9.59 Å². The molecule has 0 saturated carbocycles. The van der Waals surface area contributed by atoms with Crippen LogP contribution in [0.5, 0.6) is 5.75 Å². The predicted molar refractivity (Wildman–Crippen MR) is 90.5 cm³/mol. The summed E-state index contributed by atoms with van der Waals surface area (Å²) in [5.74, 6) is 0.662. The van der Waals surface area contributed by atoms with E-state index in [0.29, 0.717) is 24.8 Å². The van der Waals surface area contributed by atoms with Crippen LogP contribution in [0.2, 0.25) is 0 Å². The standard InChI is InChI=1S/C18H26N2O3/c1-5-23-16-9-7-6-8-15(16)20-11-14(10-17(20)21)18(22)19-13(4)12(2)3/h6-9,12-14H,5,10-11H2,1-4H3,(H,19,22)/t13-,14-/m1/s1. The predicted octanol–water partition coefficient (Wildman–Crippen LogP) is 2.60. The first-order chi connectivity index (χ1) is 10.9. The lowest BCUT2D eigenvalue weighted by Gasteiger charge is -2.21. The second-order valence-corrected chi connectivity index (χ2v) is 6.35. The van der Waals surface area contributed by atoms with E-state index in [1.54, 1.807) is 4.90 Å². The first-order valence-corrected chi connectivity index (χ1v) is 8.26. The number of ether oxygens (including phenoxy) is 1. The molecular formula is C18H26N2O3. The van der Waals surface area contributed by atoms with Crippen LogP contribution in [0, 0.1) is 11.8 Å². The third-order valence-corrected chi connectivity index (χ3v) is 4.32. The molecule has 1 aromatic rings. The summed E-state index contributed by atoms with van der Waals surface area (Å²) in [6.07, 6.45) is 0.247. The normalized spacial score (nSPS) is 19.1. The quantitative estimate of drug-likeness (QED) is 0.877. The van der Waals surface area contributed by atoms with Crippen LogP contribution >= 0.6 is 0 Å². The topological polar surface area (TPSA) is 58.6 Å². The van der Waals surface area contributed by atoms with Gasteiger partial charge in [0.15, 0.2) is 0 Å². The molecular weight excluding hydrogens is 292 g/mol. The number of hydrogen-bond acceptors (Lipinski definition) is 3. The third-order valence-electron chi connectivity index (χ3n) is 4.32. The third kappa shape index (κ3) is 4.03.